The van der Waals surface area contributed by atoms with E-state index in [-0.39, 0.29) is 0 Å². The predicted molar refractivity (Wildman–Crippen MR) is 151 cm³/mol. The van der Waals surface area contributed by atoms with Crippen LogP contribution in [0.15, 0.2) is 74.4 Å². The third-order valence-corrected chi connectivity index (χ3v) is 2.92. The number of rotatable bonds is 9. The summed E-state index contributed by atoms with van der Waals surface area (Å²) in [4.78, 5) is 0. The zero-order chi connectivity index (χ0) is 24.7. The van der Waals surface area contributed by atoms with Crippen molar-refractivity contribution in [3.8, 4) is 0 Å². The molecule has 0 radical (unpaired) electrons. The van der Waals surface area contributed by atoms with Gasteiger partial charge in [-0.25, -0.2) is 0 Å². The van der Waals surface area contributed by atoms with Crippen molar-refractivity contribution in [3.05, 3.63) is 74.4 Å². The fraction of sp³-hybridized carbons (Fsp3) is 0.600. The van der Waals surface area contributed by atoms with Crippen LogP contribution in [0, 0.1) is 0 Å². The average molecular weight is 421 g/mol. The molecule has 0 N–H and O–H groups in total. The van der Waals surface area contributed by atoms with Gasteiger partial charge in [-0.2, -0.15) is 0 Å². The molecular weight excluding hydrogens is 360 g/mol. The Hall–Kier alpha value is -1.56. The lowest BCUT2D eigenvalue weighted by Crippen LogP contribution is -1.61. The van der Waals surface area contributed by atoms with Crippen LogP contribution in [-0.2, 0) is 0 Å². The zero-order valence-electron chi connectivity index (χ0n) is 22.7. The summed E-state index contributed by atoms with van der Waals surface area (Å²) < 4.78 is 0. The molecule has 0 nitrogen and oxygen atoms in total. The number of hydrogen-bond donors (Lipinski definition) is 0. The van der Waals surface area contributed by atoms with Crippen molar-refractivity contribution in [3.63, 3.8) is 0 Å². The summed E-state index contributed by atoms with van der Waals surface area (Å²) in [5.41, 5.74) is 0. The monoisotopic (exact) mass is 420 g/mol. The van der Waals surface area contributed by atoms with E-state index < -0.39 is 0 Å². The van der Waals surface area contributed by atoms with Crippen molar-refractivity contribution < 1.29 is 0 Å². The van der Waals surface area contributed by atoms with Gasteiger partial charge in [0.15, 0.2) is 0 Å². The van der Waals surface area contributed by atoms with Crippen LogP contribution in [-0.4, -0.2) is 0 Å². The molecule has 0 saturated carbocycles. The second kappa shape index (κ2) is 71.0. The Bertz CT molecular complexity index is 305. The lowest BCUT2D eigenvalue weighted by Gasteiger charge is -1.81. The summed E-state index contributed by atoms with van der Waals surface area (Å²) >= 11 is 0. The van der Waals surface area contributed by atoms with Gasteiger partial charge >= 0.3 is 0 Å². The van der Waals surface area contributed by atoms with Crippen molar-refractivity contribution in [2.75, 3.05) is 0 Å². The van der Waals surface area contributed by atoms with Crippen LogP contribution in [0.25, 0.3) is 0 Å². The van der Waals surface area contributed by atoms with E-state index >= 15 is 0 Å². The molecule has 0 bridgehead atoms. The predicted octanol–water partition coefficient (Wildman–Crippen LogP) is 11.8. The van der Waals surface area contributed by atoms with Gasteiger partial charge in [0.2, 0.25) is 0 Å². The molecule has 0 aromatic carbocycles. The molecule has 30 heavy (non-hydrogen) atoms. The van der Waals surface area contributed by atoms with Crippen LogP contribution < -0.4 is 0 Å². The second-order valence-corrected chi connectivity index (χ2v) is 6.23. The summed E-state index contributed by atoms with van der Waals surface area (Å²) in [7, 11) is 0. The van der Waals surface area contributed by atoms with Gasteiger partial charge in [-0.3, -0.25) is 0 Å². The number of hydrogen-bond acceptors (Lipinski definition) is 0. The third kappa shape index (κ3) is 157. The van der Waals surface area contributed by atoms with Crippen LogP contribution in [0.1, 0.15) is 120 Å². The molecule has 0 unspecified atom stereocenters. The molecule has 0 aromatic rings. The Labute approximate surface area is 194 Å². The van der Waals surface area contributed by atoms with Crippen LogP contribution in [0.4, 0.5) is 0 Å². The van der Waals surface area contributed by atoms with Gasteiger partial charge in [0, 0.05) is 0 Å². The second-order valence-electron chi connectivity index (χ2n) is 6.23. The smallest absolute Gasteiger partial charge is 0.0353 e. The first kappa shape index (κ1) is 42.5. The average Bonchev–Trinajstić information content (AvgIpc) is 2.77. The lowest BCUT2D eigenvalue weighted by atomic mass is 10.3. The van der Waals surface area contributed by atoms with E-state index in [1.54, 1.807) is 6.08 Å². The molecule has 0 atom stereocenters. The molecule has 180 valence electrons. The maximum atomic E-state index is 3.60. The molecule has 0 aliphatic carbocycles. The van der Waals surface area contributed by atoms with Crippen LogP contribution in [0.5, 0.6) is 0 Å². The molecule has 0 aliphatic rings. The highest BCUT2D eigenvalue weighted by atomic mass is 13.8. The minimum Gasteiger partial charge on any atom is -0.103 e. The van der Waals surface area contributed by atoms with Crippen molar-refractivity contribution >= 4 is 0 Å². The molecule has 0 aromatic heterocycles. The van der Waals surface area contributed by atoms with E-state index in [0.29, 0.717) is 0 Å². The fourth-order valence-electron chi connectivity index (χ4n) is 1.22. The summed E-state index contributed by atoms with van der Waals surface area (Å²) in [6, 6.07) is 0. The normalized spacial score (nSPS) is 8.70. The SMILES string of the molecule is C/C=C/C.C/C=C/CCC.C=CC.C=CCCC.C=CCCCC.CC/C=C\CC. The van der Waals surface area contributed by atoms with Crippen LogP contribution in [0.3, 0.4) is 0 Å². The topological polar surface area (TPSA) is 0 Å². The highest BCUT2D eigenvalue weighted by Crippen LogP contribution is 1.91. The van der Waals surface area contributed by atoms with Gasteiger partial charge in [0.1, 0.15) is 0 Å². The van der Waals surface area contributed by atoms with Crippen molar-refractivity contribution in [1.29, 1.82) is 0 Å². The molecule has 0 saturated heterocycles. The Morgan fingerprint density at radius 3 is 1.00 bits per heavy atom. The summed E-state index contributed by atoms with van der Waals surface area (Å²) in [5, 5.41) is 0. The van der Waals surface area contributed by atoms with Crippen molar-refractivity contribution in [2.24, 2.45) is 0 Å². The first-order chi connectivity index (χ1) is 14.5. The molecule has 0 amide bonds. The summed E-state index contributed by atoms with van der Waals surface area (Å²) in [6.45, 7) is 29.2. The van der Waals surface area contributed by atoms with E-state index in [2.05, 4.69) is 85.6 Å². The standard InChI is InChI=1S/3C6H12.C5H10.C4H8.C3H6/c3*1-3-5-6-4-2;1-3-5-4-2;1-3-4-2;1-3-2/h5-6H,3-4H2,1-2H3;3,5H,4,6H2,1-2H3;3H,1,4-6H2,2H3;3H,1,4-5H2,2H3;3-4H,1-2H3;3H,1H2,2H3/b6-5-;5-3+;;;4-3+;. The fourth-order valence-corrected chi connectivity index (χ4v) is 1.22. The molecule has 0 fully saturated rings. The van der Waals surface area contributed by atoms with E-state index in [9.17, 15) is 0 Å². The molecular formula is C30H60. The minimum atomic E-state index is 1.15. The van der Waals surface area contributed by atoms with Gasteiger partial charge in [-0.05, 0) is 59.8 Å². The highest BCUT2D eigenvalue weighted by molar-refractivity contribution is 4.77. The maximum Gasteiger partial charge on any atom is -0.0353 e. The molecule has 0 aliphatic heterocycles. The largest absolute Gasteiger partial charge is 0.103 e. The van der Waals surface area contributed by atoms with Crippen molar-refractivity contribution in [2.45, 2.75) is 120 Å². The van der Waals surface area contributed by atoms with Gasteiger partial charge in [0.05, 0.1) is 0 Å². The molecule has 0 heteroatoms. The first-order valence-electron chi connectivity index (χ1n) is 12.1. The molecule has 0 spiro atoms. The minimum absolute atomic E-state index is 1.15. The van der Waals surface area contributed by atoms with Crippen LogP contribution in [0.2, 0.25) is 0 Å². The van der Waals surface area contributed by atoms with E-state index in [0.717, 1.165) is 6.42 Å². The Kier molecular flexibility index (Phi) is 101. The van der Waals surface area contributed by atoms with Gasteiger partial charge < -0.3 is 0 Å². The summed E-state index contributed by atoms with van der Waals surface area (Å²) in [6.07, 6.45) is 29.3. The quantitative estimate of drug-likeness (QED) is 0.257. The highest BCUT2D eigenvalue weighted by Gasteiger charge is 1.71. The lowest BCUT2D eigenvalue weighted by molar-refractivity contribution is 0.816. The van der Waals surface area contributed by atoms with E-state index in [4.69, 9.17) is 0 Å². The van der Waals surface area contributed by atoms with Crippen molar-refractivity contribution in [1.82, 2.24) is 0 Å². The van der Waals surface area contributed by atoms with Gasteiger partial charge in [0.25, 0.3) is 0 Å². The zero-order valence-corrected chi connectivity index (χ0v) is 22.7. The van der Waals surface area contributed by atoms with E-state index in [1.165, 1.54) is 51.4 Å². The maximum absolute atomic E-state index is 3.60. The molecule has 0 rings (SSSR count). The first-order valence-corrected chi connectivity index (χ1v) is 12.1. The Morgan fingerprint density at radius 1 is 0.500 bits per heavy atom. The Balaban J connectivity index is -0.0000000585. The number of allylic oxidation sites excluding steroid dienone is 9. The molecule has 0 heterocycles. The van der Waals surface area contributed by atoms with Crippen LogP contribution >= 0.6 is 0 Å². The van der Waals surface area contributed by atoms with E-state index in [1.807, 2.05) is 45.1 Å². The van der Waals surface area contributed by atoms with Gasteiger partial charge in [-0.1, -0.05) is 115 Å². The van der Waals surface area contributed by atoms with Gasteiger partial charge in [-0.15, -0.1) is 19.7 Å². The number of unbranched alkanes of at least 4 members (excludes halogenated alkanes) is 4. The Morgan fingerprint density at radius 2 is 0.900 bits per heavy atom. The third-order valence-electron chi connectivity index (χ3n) is 2.92. The summed E-state index contributed by atoms with van der Waals surface area (Å²) in [5.74, 6) is 0.